The summed E-state index contributed by atoms with van der Waals surface area (Å²) in [5, 5.41) is 12.6. The van der Waals surface area contributed by atoms with E-state index < -0.39 is 6.10 Å². The summed E-state index contributed by atoms with van der Waals surface area (Å²) in [7, 11) is 0. The highest BCUT2D eigenvalue weighted by Crippen LogP contribution is 2.34. The Kier molecular flexibility index (Phi) is 9.14. The Morgan fingerprint density at radius 1 is 1.28 bits per heavy atom. The van der Waals surface area contributed by atoms with Crippen molar-refractivity contribution in [2.75, 3.05) is 32.8 Å². The Bertz CT molecular complexity index is 1090. The van der Waals surface area contributed by atoms with Gasteiger partial charge in [0.25, 0.3) is 0 Å². The fourth-order valence-electron chi connectivity index (χ4n) is 4.32. The second-order valence-electron chi connectivity index (χ2n) is 9.19. The number of halogens is 1. The average molecular weight is 517 g/mol. The molecule has 1 amide bonds. The highest BCUT2D eigenvalue weighted by Gasteiger charge is 2.33. The summed E-state index contributed by atoms with van der Waals surface area (Å²) < 4.78 is 30.0. The van der Waals surface area contributed by atoms with Gasteiger partial charge in [-0.25, -0.2) is 4.39 Å². The van der Waals surface area contributed by atoms with E-state index in [9.17, 15) is 14.3 Å². The first-order chi connectivity index (χ1) is 17.4. The zero-order chi connectivity index (χ0) is 25.5. The lowest BCUT2D eigenvalue weighted by molar-refractivity contribution is -0.137. The van der Waals surface area contributed by atoms with E-state index in [1.165, 1.54) is 17.0 Å². The highest BCUT2D eigenvalue weighted by molar-refractivity contribution is 7.10. The number of fused-ring (bicyclic) bond motifs is 1. The summed E-state index contributed by atoms with van der Waals surface area (Å²) in [6, 6.07) is 11.4. The summed E-state index contributed by atoms with van der Waals surface area (Å²) in [6.45, 7) is 5.83. The van der Waals surface area contributed by atoms with Crippen LogP contribution in [0.3, 0.4) is 0 Å². The third-order valence-electron chi connectivity index (χ3n) is 6.29. The maximum absolute atomic E-state index is 13.5. The van der Waals surface area contributed by atoms with Crippen molar-refractivity contribution < 1.29 is 28.2 Å². The quantitative estimate of drug-likeness (QED) is 0.388. The maximum Gasteiger partial charge on any atom is 0.237 e. The molecule has 0 bridgehead atoms. The molecular formula is C27H33FN2O5S. The van der Waals surface area contributed by atoms with Crippen molar-refractivity contribution in [1.82, 2.24) is 9.80 Å². The number of nitrogens with zero attached hydrogens (tertiary/aromatic N) is 2. The van der Waals surface area contributed by atoms with Crippen molar-refractivity contribution in [3.05, 3.63) is 76.1 Å². The van der Waals surface area contributed by atoms with Crippen molar-refractivity contribution in [3.63, 3.8) is 0 Å². The number of hydrogen-bond acceptors (Lipinski definition) is 7. The summed E-state index contributed by atoms with van der Waals surface area (Å²) >= 11 is 1.69. The molecule has 0 aliphatic carbocycles. The van der Waals surface area contributed by atoms with E-state index in [0.29, 0.717) is 24.6 Å². The molecule has 0 radical (unpaired) electrons. The lowest BCUT2D eigenvalue weighted by atomic mass is 10.00. The van der Waals surface area contributed by atoms with Gasteiger partial charge < -0.3 is 23.9 Å². The molecule has 0 saturated carbocycles. The van der Waals surface area contributed by atoms with E-state index in [0.717, 1.165) is 12.0 Å². The molecule has 7 nitrogen and oxygen atoms in total. The Labute approximate surface area is 215 Å². The average Bonchev–Trinajstić information content (AvgIpc) is 3.55. The van der Waals surface area contributed by atoms with Crippen molar-refractivity contribution >= 4 is 17.2 Å². The van der Waals surface area contributed by atoms with E-state index in [2.05, 4.69) is 6.07 Å². The lowest BCUT2D eigenvalue weighted by Crippen LogP contribution is -2.49. The molecule has 4 rings (SSSR count). The number of rotatable bonds is 12. The Balaban J connectivity index is 1.37. The summed E-state index contributed by atoms with van der Waals surface area (Å²) in [5.74, 6) is 0.925. The van der Waals surface area contributed by atoms with Crippen LogP contribution in [0.5, 0.6) is 5.75 Å². The topological polar surface area (TPSA) is 75.4 Å². The van der Waals surface area contributed by atoms with Crippen LogP contribution in [0.15, 0.2) is 58.5 Å². The first kappa shape index (κ1) is 26.3. The second-order valence-corrected chi connectivity index (χ2v) is 10.2. The molecule has 1 N–H and O–H groups in total. The van der Waals surface area contributed by atoms with Gasteiger partial charge in [0.15, 0.2) is 0 Å². The van der Waals surface area contributed by atoms with Crippen molar-refractivity contribution in [3.8, 4) is 5.75 Å². The number of amides is 1. The van der Waals surface area contributed by atoms with Gasteiger partial charge >= 0.3 is 0 Å². The van der Waals surface area contributed by atoms with Crippen molar-refractivity contribution in [1.29, 1.82) is 0 Å². The van der Waals surface area contributed by atoms with Crippen LogP contribution in [0.1, 0.15) is 36.1 Å². The lowest BCUT2D eigenvalue weighted by Gasteiger charge is -2.38. The summed E-state index contributed by atoms with van der Waals surface area (Å²) in [6.07, 6.45) is 1.65. The van der Waals surface area contributed by atoms with E-state index in [-0.39, 0.29) is 50.2 Å². The largest absolute Gasteiger partial charge is 0.491 e. The van der Waals surface area contributed by atoms with E-state index in [4.69, 9.17) is 13.9 Å². The zero-order valence-corrected chi connectivity index (χ0v) is 21.5. The zero-order valence-electron chi connectivity index (χ0n) is 20.6. The number of ether oxygens (including phenoxy) is 2. The van der Waals surface area contributed by atoms with Gasteiger partial charge in [0.2, 0.25) is 5.91 Å². The standard InChI is InChI=1S/C27H33FN2O5S/c1-19(2)29(14-21(31)16-33-17-23-4-3-12-34-23)15-27(32)30-11-9-26-24(10-13-36-26)25(30)18-35-22-7-5-20(28)6-8-22/h3-8,10,12-13,19,21,25,31H,9,11,14-18H2,1-2H3/t21-,25+/m1/s1. The first-order valence-electron chi connectivity index (χ1n) is 12.2. The minimum absolute atomic E-state index is 0.0167. The number of hydrogen-bond donors (Lipinski definition) is 1. The SMILES string of the molecule is CC(C)N(CC(=O)N1CCc2sccc2[C@@H]1COc1ccc(F)cc1)C[C@@H](O)COCc1ccco1. The van der Waals surface area contributed by atoms with Gasteiger partial charge in [0.1, 0.15) is 30.5 Å². The third-order valence-corrected chi connectivity index (χ3v) is 7.28. The van der Waals surface area contributed by atoms with Crippen LogP contribution >= 0.6 is 11.3 Å². The van der Waals surface area contributed by atoms with Crippen LogP contribution in [0.2, 0.25) is 0 Å². The fraction of sp³-hybridized carbons (Fsp3) is 0.444. The van der Waals surface area contributed by atoms with Crippen LogP contribution in [0, 0.1) is 5.82 Å². The number of aliphatic hydroxyl groups excluding tert-OH is 1. The van der Waals surface area contributed by atoms with Crippen LogP contribution in [-0.2, 0) is 22.6 Å². The summed E-state index contributed by atoms with van der Waals surface area (Å²) in [5.41, 5.74) is 1.10. The first-order valence-corrected chi connectivity index (χ1v) is 13.0. The number of thiophene rings is 1. The van der Waals surface area contributed by atoms with Gasteiger partial charge in [-0.2, -0.15) is 0 Å². The fourth-order valence-corrected chi connectivity index (χ4v) is 5.24. The molecule has 9 heteroatoms. The van der Waals surface area contributed by atoms with Gasteiger partial charge in [0, 0.05) is 24.0 Å². The van der Waals surface area contributed by atoms with Crippen LogP contribution < -0.4 is 4.74 Å². The minimum Gasteiger partial charge on any atom is -0.491 e. The number of carbonyl (C=O) groups is 1. The van der Waals surface area contributed by atoms with Crippen LogP contribution in [0.25, 0.3) is 0 Å². The molecule has 0 saturated heterocycles. The van der Waals surface area contributed by atoms with E-state index >= 15 is 0 Å². The smallest absolute Gasteiger partial charge is 0.237 e. The normalized spacial score (nSPS) is 16.4. The molecule has 0 fully saturated rings. The molecule has 3 heterocycles. The van der Waals surface area contributed by atoms with Gasteiger partial charge in [-0.05, 0) is 73.7 Å². The van der Waals surface area contributed by atoms with Gasteiger partial charge in [-0.3, -0.25) is 9.69 Å². The predicted molar refractivity (Wildman–Crippen MR) is 135 cm³/mol. The monoisotopic (exact) mass is 516 g/mol. The van der Waals surface area contributed by atoms with E-state index in [1.54, 1.807) is 35.8 Å². The number of benzene rings is 1. The molecule has 2 aromatic heterocycles. The molecular weight excluding hydrogens is 483 g/mol. The van der Waals surface area contributed by atoms with Crippen molar-refractivity contribution in [2.24, 2.45) is 0 Å². The maximum atomic E-state index is 13.5. The number of carbonyl (C=O) groups excluding carboxylic acids is 1. The molecule has 1 aliphatic heterocycles. The van der Waals surface area contributed by atoms with Gasteiger partial charge in [0.05, 0.1) is 31.6 Å². The molecule has 0 spiro atoms. The molecule has 2 atom stereocenters. The Morgan fingerprint density at radius 2 is 2.08 bits per heavy atom. The molecule has 1 aliphatic rings. The third kappa shape index (κ3) is 6.94. The molecule has 3 aromatic rings. The Morgan fingerprint density at radius 3 is 2.81 bits per heavy atom. The molecule has 194 valence electrons. The van der Waals surface area contributed by atoms with Gasteiger partial charge in [-0.1, -0.05) is 0 Å². The minimum atomic E-state index is -0.738. The summed E-state index contributed by atoms with van der Waals surface area (Å²) in [4.78, 5) is 18.6. The molecule has 36 heavy (non-hydrogen) atoms. The highest BCUT2D eigenvalue weighted by atomic mass is 32.1. The van der Waals surface area contributed by atoms with Crippen LogP contribution in [-0.4, -0.2) is 65.8 Å². The van der Waals surface area contributed by atoms with Crippen molar-refractivity contribution in [2.45, 2.75) is 45.1 Å². The predicted octanol–water partition coefficient (Wildman–Crippen LogP) is 4.27. The molecule has 1 aromatic carbocycles. The Hall–Kier alpha value is -2.72. The van der Waals surface area contributed by atoms with Crippen LogP contribution in [0.4, 0.5) is 4.39 Å². The second kappa shape index (κ2) is 12.5. The van der Waals surface area contributed by atoms with Gasteiger partial charge in [-0.15, -0.1) is 11.3 Å². The number of furan rings is 1. The van der Waals surface area contributed by atoms with E-state index in [1.807, 2.05) is 35.1 Å². The number of aliphatic hydroxyl groups is 1. The molecule has 0 unspecified atom stereocenters.